The van der Waals surface area contributed by atoms with Crippen LogP contribution in [0.15, 0.2) is 71.7 Å². The fraction of sp³-hybridized carbons (Fsp3) is 0.292. The third-order valence-corrected chi connectivity index (χ3v) is 5.45. The highest BCUT2D eigenvalue weighted by Gasteiger charge is 2.25. The second kappa shape index (κ2) is 9.47. The van der Waals surface area contributed by atoms with Gasteiger partial charge in [0, 0.05) is 31.4 Å². The number of carbonyl (C=O) groups is 2. The number of hydrogen-bond donors (Lipinski definition) is 1. The molecule has 1 fully saturated rings. The molecule has 1 aliphatic heterocycles. The molecule has 3 heterocycles. The minimum atomic E-state index is -0.172. The van der Waals surface area contributed by atoms with E-state index in [1.165, 1.54) is 18.7 Å². The molecule has 1 saturated heterocycles. The number of ether oxygens (including phenoxy) is 1. The van der Waals surface area contributed by atoms with Crippen LogP contribution in [0.3, 0.4) is 0 Å². The highest BCUT2D eigenvalue weighted by Crippen LogP contribution is 2.20. The van der Waals surface area contributed by atoms with E-state index in [0.29, 0.717) is 42.9 Å². The number of pyridine rings is 1. The maximum Gasteiger partial charge on any atom is 0.257 e. The Kier molecular flexibility index (Phi) is 6.31. The fourth-order valence-corrected chi connectivity index (χ4v) is 3.62. The average molecular weight is 419 g/mol. The summed E-state index contributed by atoms with van der Waals surface area (Å²) in [4.78, 5) is 31.0. The molecule has 1 atom stereocenters. The monoisotopic (exact) mass is 419 g/mol. The smallest absolute Gasteiger partial charge is 0.257 e. The lowest BCUT2D eigenvalue weighted by Crippen LogP contribution is -2.46. The molecular formula is C24H25N3O4. The summed E-state index contributed by atoms with van der Waals surface area (Å²) in [5.74, 6) is 0.261. The third kappa shape index (κ3) is 5.12. The Morgan fingerprint density at radius 2 is 1.87 bits per heavy atom. The number of furan rings is 1. The van der Waals surface area contributed by atoms with E-state index in [-0.39, 0.29) is 24.0 Å². The number of nitrogens with zero attached hydrogens (tertiary/aromatic N) is 2. The van der Waals surface area contributed by atoms with Gasteiger partial charge in [0.05, 0.1) is 17.4 Å². The van der Waals surface area contributed by atoms with Crippen LogP contribution in [0.2, 0.25) is 0 Å². The predicted molar refractivity (Wildman–Crippen MR) is 115 cm³/mol. The summed E-state index contributed by atoms with van der Waals surface area (Å²) < 4.78 is 10.8. The quantitative estimate of drug-likeness (QED) is 0.656. The van der Waals surface area contributed by atoms with Gasteiger partial charge >= 0.3 is 0 Å². The van der Waals surface area contributed by atoms with Crippen molar-refractivity contribution in [2.75, 3.05) is 13.1 Å². The molecule has 0 radical (unpaired) electrons. The maximum atomic E-state index is 12.6. The van der Waals surface area contributed by atoms with Gasteiger partial charge < -0.3 is 19.4 Å². The lowest BCUT2D eigenvalue weighted by Gasteiger charge is -2.32. The first-order valence-electron chi connectivity index (χ1n) is 10.4. The lowest BCUT2D eigenvalue weighted by atomic mass is 10.0. The summed E-state index contributed by atoms with van der Waals surface area (Å²) in [5.41, 5.74) is 2.10. The molecule has 1 aromatic carbocycles. The number of amides is 2. The first kappa shape index (κ1) is 20.7. The molecule has 1 N–H and O–H groups in total. The molecule has 160 valence electrons. The number of rotatable bonds is 6. The molecule has 1 aliphatic rings. The highest BCUT2D eigenvalue weighted by atomic mass is 16.5. The standard InChI is InChI=1S/C24H25N3O4/c1-17(18-5-3-2-4-6-18)31-22-8-7-19(15-25-22)23(28)26-21-9-12-27(13-10-21)24(29)20-11-14-30-16-20/h2-8,11,14-17,21H,9-10,12-13H2,1H3,(H,26,28)/t17-/m1/s1. The van der Waals surface area contributed by atoms with Crippen LogP contribution in [0.1, 0.15) is 52.1 Å². The van der Waals surface area contributed by atoms with Crippen molar-refractivity contribution in [1.29, 1.82) is 0 Å². The molecular weight excluding hydrogens is 394 g/mol. The Labute approximate surface area is 181 Å². The van der Waals surface area contributed by atoms with Gasteiger partial charge in [-0.05, 0) is 37.5 Å². The summed E-state index contributed by atoms with van der Waals surface area (Å²) in [5, 5.41) is 3.04. The van der Waals surface area contributed by atoms with E-state index in [1.54, 1.807) is 23.1 Å². The van der Waals surface area contributed by atoms with Crippen LogP contribution in [0.5, 0.6) is 5.88 Å². The molecule has 0 aliphatic carbocycles. The van der Waals surface area contributed by atoms with E-state index in [4.69, 9.17) is 9.15 Å². The van der Waals surface area contributed by atoms with Gasteiger partial charge in [0.1, 0.15) is 12.4 Å². The minimum Gasteiger partial charge on any atom is -0.472 e. The van der Waals surface area contributed by atoms with Gasteiger partial charge in [-0.2, -0.15) is 0 Å². The SMILES string of the molecule is C[C@@H](Oc1ccc(C(=O)NC2CCN(C(=O)c3ccoc3)CC2)cn1)c1ccccc1. The highest BCUT2D eigenvalue weighted by molar-refractivity contribution is 5.94. The molecule has 0 saturated carbocycles. The van der Waals surface area contributed by atoms with Gasteiger partial charge in [-0.1, -0.05) is 30.3 Å². The van der Waals surface area contributed by atoms with Gasteiger partial charge in [-0.15, -0.1) is 0 Å². The van der Waals surface area contributed by atoms with Crippen LogP contribution in [-0.2, 0) is 0 Å². The summed E-state index contributed by atoms with van der Waals surface area (Å²) in [6.07, 6.45) is 5.75. The van der Waals surface area contributed by atoms with Crippen molar-refractivity contribution in [1.82, 2.24) is 15.2 Å². The van der Waals surface area contributed by atoms with Crippen LogP contribution >= 0.6 is 0 Å². The van der Waals surface area contributed by atoms with Crippen molar-refractivity contribution in [2.24, 2.45) is 0 Å². The number of likely N-dealkylation sites (tertiary alicyclic amines) is 1. The molecule has 7 heteroatoms. The van der Waals surface area contributed by atoms with Crippen molar-refractivity contribution in [3.8, 4) is 5.88 Å². The van der Waals surface area contributed by atoms with Crippen LogP contribution in [0, 0.1) is 0 Å². The van der Waals surface area contributed by atoms with E-state index in [0.717, 1.165) is 5.56 Å². The number of nitrogens with one attached hydrogen (secondary N) is 1. The average Bonchev–Trinajstić information content (AvgIpc) is 3.35. The number of carbonyl (C=O) groups excluding carboxylic acids is 2. The summed E-state index contributed by atoms with van der Waals surface area (Å²) >= 11 is 0. The van der Waals surface area contributed by atoms with Crippen molar-refractivity contribution in [3.63, 3.8) is 0 Å². The summed E-state index contributed by atoms with van der Waals surface area (Å²) in [7, 11) is 0. The maximum absolute atomic E-state index is 12.6. The van der Waals surface area contributed by atoms with Gasteiger partial charge in [0.25, 0.3) is 11.8 Å². The Morgan fingerprint density at radius 3 is 2.52 bits per heavy atom. The van der Waals surface area contributed by atoms with E-state index >= 15 is 0 Å². The largest absolute Gasteiger partial charge is 0.472 e. The Hall–Kier alpha value is -3.61. The minimum absolute atomic E-state index is 0.0231. The normalized spacial score (nSPS) is 15.3. The van der Waals surface area contributed by atoms with Crippen LogP contribution in [0.25, 0.3) is 0 Å². The van der Waals surface area contributed by atoms with Crippen LogP contribution in [-0.4, -0.2) is 40.8 Å². The second-order valence-electron chi connectivity index (χ2n) is 7.61. The van der Waals surface area contributed by atoms with Crippen LogP contribution < -0.4 is 10.1 Å². The lowest BCUT2D eigenvalue weighted by molar-refractivity contribution is 0.0697. The third-order valence-electron chi connectivity index (χ3n) is 5.45. The zero-order valence-electron chi connectivity index (χ0n) is 17.4. The van der Waals surface area contributed by atoms with Gasteiger partial charge in [0.15, 0.2) is 0 Å². The van der Waals surface area contributed by atoms with E-state index in [9.17, 15) is 9.59 Å². The molecule has 2 aromatic heterocycles. The van der Waals surface area contributed by atoms with Crippen molar-refractivity contribution in [2.45, 2.75) is 31.9 Å². The Balaban J connectivity index is 1.27. The number of hydrogen-bond acceptors (Lipinski definition) is 5. The topological polar surface area (TPSA) is 84.7 Å². The van der Waals surface area contributed by atoms with E-state index in [1.807, 2.05) is 37.3 Å². The zero-order chi connectivity index (χ0) is 21.6. The molecule has 0 bridgehead atoms. The molecule has 0 unspecified atom stereocenters. The first-order valence-corrected chi connectivity index (χ1v) is 10.4. The van der Waals surface area contributed by atoms with Gasteiger partial charge in [0.2, 0.25) is 5.88 Å². The van der Waals surface area contributed by atoms with Crippen molar-refractivity contribution >= 4 is 11.8 Å². The molecule has 31 heavy (non-hydrogen) atoms. The zero-order valence-corrected chi connectivity index (χ0v) is 17.4. The Morgan fingerprint density at radius 1 is 1.10 bits per heavy atom. The van der Waals surface area contributed by atoms with Crippen molar-refractivity contribution < 1.29 is 18.7 Å². The van der Waals surface area contributed by atoms with E-state index in [2.05, 4.69) is 10.3 Å². The van der Waals surface area contributed by atoms with Crippen LogP contribution in [0.4, 0.5) is 0 Å². The molecule has 3 aromatic rings. The molecule has 4 rings (SSSR count). The van der Waals surface area contributed by atoms with Gasteiger partial charge in [-0.3, -0.25) is 9.59 Å². The number of benzene rings is 1. The predicted octanol–water partition coefficient (Wildman–Crippen LogP) is 3.85. The first-order chi connectivity index (χ1) is 15.1. The molecule has 7 nitrogen and oxygen atoms in total. The number of aromatic nitrogens is 1. The number of piperidine rings is 1. The molecule has 2 amide bonds. The van der Waals surface area contributed by atoms with E-state index < -0.39 is 0 Å². The second-order valence-corrected chi connectivity index (χ2v) is 7.61. The molecule has 0 spiro atoms. The fourth-order valence-electron chi connectivity index (χ4n) is 3.62. The summed E-state index contributed by atoms with van der Waals surface area (Å²) in [6.45, 7) is 3.15. The van der Waals surface area contributed by atoms with Crippen molar-refractivity contribution in [3.05, 3.63) is 83.9 Å². The van der Waals surface area contributed by atoms with Gasteiger partial charge in [-0.25, -0.2) is 4.98 Å². The Bertz CT molecular complexity index is 995. The summed E-state index contributed by atoms with van der Waals surface area (Å²) in [6, 6.07) is 15.0.